The van der Waals surface area contributed by atoms with Crippen LogP contribution in [0.5, 0.6) is 5.75 Å². The molecule has 0 atom stereocenters. The van der Waals surface area contributed by atoms with Gasteiger partial charge in [-0.15, -0.1) is 0 Å². The summed E-state index contributed by atoms with van der Waals surface area (Å²) in [6.07, 6.45) is 1.74. The van der Waals surface area contributed by atoms with Gasteiger partial charge in [0.1, 0.15) is 12.4 Å². The average molecular weight is 365 g/mol. The maximum absolute atomic E-state index is 9.12. The van der Waals surface area contributed by atoms with E-state index < -0.39 is 0 Å². The molecule has 0 unspecified atom stereocenters. The second-order valence-electron chi connectivity index (χ2n) is 4.94. The highest BCUT2D eigenvalue weighted by Crippen LogP contribution is 2.32. The van der Waals surface area contributed by atoms with Crippen molar-refractivity contribution in [2.24, 2.45) is 0 Å². The SMILES string of the molecule is N#Cc1ccc(-c2ccc(Br)cc2)c(OCc2ccccn2)c1. The first kappa shape index (κ1) is 15.3. The Morgan fingerprint density at radius 2 is 1.87 bits per heavy atom. The van der Waals surface area contributed by atoms with Gasteiger partial charge in [0.15, 0.2) is 0 Å². The molecule has 1 aromatic heterocycles. The van der Waals surface area contributed by atoms with Crippen LogP contribution in [0.2, 0.25) is 0 Å². The molecule has 4 heteroatoms. The van der Waals surface area contributed by atoms with Crippen LogP contribution in [0.3, 0.4) is 0 Å². The van der Waals surface area contributed by atoms with E-state index in [-0.39, 0.29) is 0 Å². The fourth-order valence-electron chi connectivity index (χ4n) is 2.21. The first-order chi connectivity index (χ1) is 11.3. The maximum Gasteiger partial charge on any atom is 0.130 e. The molecule has 3 nitrogen and oxygen atoms in total. The third-order valence-corrected chi connectivity index (χ3v) is 3.90. The molecule has 112 valence electrons. The van der Waals surface area contributed by atoms with Gasteiger partial charge in [-0.3, -0.25) is 4.98 Å². The highest BCUT2D eigenvalue weighted by molar-refractivity contribution is 9.10. The average Bonchev–Trinajstić information content (AvgIpc) is 2.61. The fourth-order valence-corrected chi connectivity index (χ4v) is 2.48. The standard InChI is InChI=1S/C19H13BrN2O/c20-16-7-5-15(6-8-16)18-9-4-14(12-21)11-19(18)23-13-17-3-1-2-10-22-17/h1-11H,13H2. The number of pyridine rings is 1. The molecule has 0 spiro atoms. The highest BCUT2D eigenvalue weighted by atomic mass is 79.9. The summed E-state index contributed by atoms with van der Waals surface area (Å²) >= 11 is 3.44. The lowest BCUT2D eigenvalue weighted by molar-refractivity contribution is 0.302. The summed E-state index contributed by atoms with van der Waals surface area (Å²) in [6.45, 7) is 0.360. The second kappa shape index (κ2) is 7.08. The molecule has 3 aromatic rings. The van der Waals surface area contributed by atoms with Crippen molar-refractivity contribution < 1.29 is 4.74 Å². The quantitative estimate of drug-likeness (QED) is 0.656. The summed E-state index contributed by atoms with van der Waals surface area (Å²) in [5.74, 6) is 0.678. The molecule has 1 heterocycles. The number of benzene rings is 2. The van der Waals surface area contributed by atoms with Crippen LogP contribution in [0, 0.1) is 11.3 Å². The minimum absolute atomic E-state index is 0.360. The van der Waals surface area contributed by atoms with Gasteiger partial charge in [-0.05, 0) is 48.0 Å². The van der Waals surface area contributed by atoms with Crippen molar-refractivity contribution in [1.29, 1.82) is 5.26 Å². The molecular formula is C19H13BrN2O. The van der Waals surface area contributed by atoms with E-state index in [0.717, 1.165) is 21.3 Å². The van der Waals surface area contributed by atoms with Gasteiger partial charge < -0.3 is 4.74 Å². The summed E-state index contributed by atoms with van der Waals surface area (Å²) in [5.41, 5.74) is 3.40. The Kier molecular flexibility index (Phi) is 4.70. The Morgan fingerprint density at radius 3 is 2.57 bits per heavy atom. The molecule has 23 heavy (non-hydrogen) atoms. The van der Waals surface area contributed by atoms with E-state index >= 15 is 0 Å². The Labute approximate surface area is 143 Å². The largest absolute Gasteiger partial charge is 0.487 e. The second-order valence-corrected chi connectivity index (χ2v) is 5.86. The number of ether oxygens (including phenoxy) is 1. The van der Waals surface area contributed by atoms with Gasteiger partial charge in [-0.2, -0.15) is 5.26 Å². The number of hydrogen-bond donors (Lipinski definition) is 0. The van der Waals surface area contributed by atoms with Crippen molar-refractivity contribution in [2.45, 2.75) is 6.61 Å². The minimum Gasteiger partial charge on any atom is -0.487 e. The van der Waals surface area contributed by atoms with Crippen molar-refractivity contribution in [3.05, 3.63) is 82.6 Å². The van der Waals surface area contributed by atoms with Crippen molar-refractivity contribution in [3.8, 4) is 22.9 Å². The van der Waals surface area contributed by atoms with Crippen LogP contribution in [-0.2, 0) is 6.61 Å². The summed E-state index contributed by atoms with van der Waals surface area (Å²) < 4.78 is 6.94. The molecular weight excluding hydrogens is 352 g/mol. The Balaban J connectivity index is 1.93. The maximum atomic E-state index is 9.12. The number of halogens is 1. The van der Waals surface area contributed by atoms with Crippen molar-refractivity contribution in [2.75, 3.05) is 0 Å². The van der Waals surface area contributed by atoms with E-state index in [4.69, 9.17) is 10.00 Å². The van der Waals surface area contributed by atoms with E-state index in [2.05, 4.69) is 27.0 Å². The fraction of sp³-hybridized carbons (Fsp3) is 0.0526. The molecule has 0 saturated heterocycles. The smallest absolute Gasteiger partial charge is 0.130 e. The Hall–Kier alpha value is -2.64. The van der Waals surface area contributed by atoms with E-state index in [9.17, 15) is 0 Å². The number of aromatic nitrogens is 1. The Morgan fingerprint density at radius 1 is 1.04 bits per heavy atom. The molecule has 0 aliphatic carbocycles. The molecule has 0 fully saturated rings. The predicted octanol–water partition coefficient (Wildman–Crippen LogP) is 4.96. The number of rotatable bonds is 4. The van der Waals surface area contributed by atoms with Gasteiger partial charge in [-0.1, -0.05) is 34.1 Å². The molecule has 0 radical (unpaired) electrons. The third-order valence-electron chi connectivity index (χ3n) is 3.37. The molecule has 0 aliphatic rings. The molecule has 0 bridgehead atoms. The molecule has 0 amide bonds. The predicted molar refractivity (Wildman–Crippen MR) is 92.9 cm³/mol. The highest BCUT2D eigenvalue weighted by Gasteiger charge is 2.09. The van der Waals surface area contributed by atoms with Crippen LogP contribution in [-0.4, -0.2) is 4.98 Å². The van der Waals surface area contributed by atoms with E-state index in [0.29, 0.717) is 17.9 Å². The van der Waals surface area contributed by atoms with Gasteiger partial charge in [0.25, 0.3) is 0 Å². The first-order valence-electron chi connectivity index (χ1n) is 7.09. The van der Waals surface area contributed by atoms with Crippen LogP contribution < -0.4 is 4.74 Å². The molecule has 3 rings (SSSR count). The topological polar surface area (TPSA) is 45.9 Å². The monoisotopic (exact) mass is 364 g/mol. The summed E-state index contributed by atoms with van der Waals surface area (Å²) in [6, 6.07) is 21.3. The zero-order chi connectivity index (χ0) is 16.1. The van der Waals surface area contributed by atoms with E-state index in [1.807, 2.05) is 48.5 Å². The van der Waals surface area contributed by atoms with Gasteiger partial charge >= 0.3 is 0 Å². The Bertz CT molecular complexity index is 839. The van der Waals surface area contributed by atoms with E-state index in [1.165, 1.54) is 0 Å². The van der Waals surface area contributed by atoms with Crippen LogP contribution in [0.15, 0.2) is 71.3 Å². The van der Waals surface area contributed by atoms with Crippen molar-refractivity contribution in [1.82, 2.24) is 4.98 Å². The molecule has 0 aliphatic heterocycles. The van der Waals surface area contributed by atoms with Gasteiger partial charge in [0.2, 0.25) is 0 Å². The third kappa shape index (κ3) is 3.77. The minimum atomic E-state index is 0.360. The summed E-state index contributed by atoms with van der Waals surface area (Å²) in [4.78, 5) is 4.25. The van der Waals surface area contributed by atoms with Crippen molar-refractivity contribution in [3.63, 3.8) is 0 Å². The summed E-state index contributed by atoms with van der Waals surface area (Å²) in [5, 5.41) is 9.12. The van der Waals surface area contributed by atoms with E-state index in [1.54, 1.807) is 18.3 Å². The lowest BCUT2D eigenvalue weighted by atomic mass is 10.0. The van der Waals surface area contributed by atoms with Crippen LogP contribution in [0.25, 0.3) is 11.1 Å². The first-order valence-corrected chi connectivity index (χ1v) is 7.88. The van der Waals surface area contributed by atoms with Crippen LogP contribution in [0.1, 0.15) is 11.3 Å². The van der Waals surface area contributed by atoms with Crippen LogP contribution in [0.4, 0.5) is 0 Å². The van der Waals surface area contributed by atoms with Crippen molar-refractivity contribution >= 4 is 15.9 Å². The van der Waals surface area contributed by atoms with Gasteiger partial charge in [0, 0.05) is 16.2 Å². The number of hydrogen-bond acceptors (Lipinski definition) is 3. The molecule has 2 aromatic carbocycles. The normalized spacial score (nSPS) is 10.1. The summed E-state index contributed by atoms with van der Waals surface area (Å²) in [7, 11) is 0. The van der Waals surface area contributed by atoms with Gasteiger partial charge in [0.05, 0.1) is 17.3 Å². The zero-order valence-electron chi connectivity index (χ0n) is 12.2. The molecule has 0 saturated carbocycles. The van der Waals surface area contributed by atoms with Crippen LogP contribution >= 0.6 is 15.9 Å². The molecule has 0 N–H and O–H groups in total. The lowest BCUT2D eigenvalue weighted by Crippen LogP contribution is -1.99. The lowest BCUT2D eigenvalue weighted by Gasteiger charge is -2.12. The zero-order valence-corrected chi connectivity index (χ0v) is 13.8. The van der Waals surface area contributed by atoms with Gasteiger partial charge in [-0.25, -0.2) is 0 Å². The number of nitriles is 1. The number of nitrogens with zero attached hydrogens (tertiary/aromatic N) is 2.